The van der Waals surface area contributed by atoms with Gasteiger partial charge in [0.05, 0.1) is 11.7 Å². The molecule has 9 rings (SSSR count). The Labute approximate surface area is 308 Å². The van der Waals surface area contributed by atoms with Crippen molar-refractivity contribution in [2.75, 3.05) is 9.80 Å². The maximum absolute atomic E-state index is 2.59. The summed E-state index contributed by atoms with van der Waals surface area (Å²) in [6.07, 6.45) is 6.03. The van der Waals surface area contributed by atoms with E-state index in [0.29, 0.717) is 11.8 Å². The van der Waals surface area contributed by atoms with Crippen LogP contribution in [0.3, 0.4) is 0 Å². The summed E-state index contributed by atoms with van der Waals surface area (Å²) in [4.78, 5) is 5.05. The molecule has 7 aromatic rings. The van der Waals surface area contributed by atoms with Crippen LogP contribution in [0.25, 0.3) is 32.7 Å². The predicted octanol–water partition coefficient (Wildman–Crippen LogP) is 13.8. The van der Waals surface area contributed by atoms with Gasteiger partial charge < -0.3 is 9.80 Å². The van der Waals surface area contributed by atoms with E-state index >= 15 is 0 Å². The number of hydrogen-bond donors (Lipinski definition) is 0. The minimum Gasteiger partial charge on any atom is -0.330 e. The Morgan fingerprint density at radius 1 is 0.558 bits per heavy atom. The normalized spacial score (nSPS) is 14.8. The first-order chi connectivity index (χ1) is 25.5. The second kappa shape index (κ2) is 13.0. The molecule has 52 heavy (non-hydrogen) atoms. The van der Waals surface area contributed by atoms with E-state index in [1.165, 1.54) is 72.0 Å². The first kappa shape index (κ1) is 32.1. The standard InChI is InChI=1S/C50H44N2/c1-33(2)44-31-47(51(36-19-8-5-9-20-36)37-21-10-6-11-22-37)42-29-27-41-45(34(3)4)32-48(43-30-28-40(44)49(42)50(41)43)52(38-23-12-7-13-24-38)46-26-16-18-35-17-14-15-25-39(35)46/h5-27,29-34,48H,28H2,1-4H3. The summed E-state index contributed by atoms with van der Waals surface area (Å²) in [5, 5.41) is 5.23. The van der Waals surface area contributed by atoms with Gasteiger partial charge in [0.15, 0.2) is 0 Å². The molecule has 0 N–H and O–H groups in total. The molecular weight excluding hydrogens is 629 g/mol. The first-order valence-corrected chi connectivity index (χ1v) is 18.8. The number of fused-ring (bicyclic) bond motifs is 1. The second-order valence-electron chi connectivity index (χ2n) is 14.8. The molecule has 2 aliphatic rings. The van der Waals surface area contributed by atoms with Gasteiger partial charge in [-0.1, -0.05) is 143 Å². The fourth-order valence-electron chi connectivity index (χ4n) is 8.73. The van der Waals surface area contributed by atoms with Crippen LogP contribution in [0.5, 0.6) is 0 Å². The molecule has 0 amide bonds. The molecule has 0 saturated carbocycles. The van der Waals surface area contributed by atoms with Crippen molar-refractivity contribution in [3.63, 3.8) is 0 Å². The molecule has 7 aromatic carbocycles. The lowest BCUT2D eigenvalue weighted by Gasteiger charge is -2.41. The lowest BCUT2D eigenvalue weighted by atomic mass is 9.72. The molecule has 0 bridgehead atoms. The lowest BCUT2D eigenvalue weighted by molar-refractivity contribution is 0.832. The average Bonchev–Trinajstić information content (AvgIpc) is 3.19. The van der Waals surface area contributed by atoms with Crippen LogP contribution < -0.4 is 9.80 Å². The highest BCUT2D eigenvalue weighted by molar-refractivity contribution is 6.12. The average molecular weight is 673 g/mol. The number of nitrogens with zero attached hydrogens (tertiary/aromatic N) is 2. The molecule has 2 heteroatoms. The molecule has 1 atom stereocenters. The maximum atomic E-state index is 2.59. The third-order valence-electron chi connectivity index (χ3n) is 11.1. The zero-order valence-electron chi connectivity index (χ0n) is 30.4. The zero-order valence-corrected chi connectivity index (χ0v) is 30.4. The van der Waals surface area contributed by atoms with E-state index in [1.807, 2.05) is 0 Å². The number of para-hydroxylation sites is 3. The van der Waals surface area contributed by atoms with E-state index in [2.05, 4.69) is 201 Å². The van der Waals surface area contributed by atoms with Crippen molar-refractivity contribution in [1.82, 2.24) is 0 Å². The molecule has 0 saturated heterocycles. The number of anilines is 5. The lowest BCUT2D eigenvalue weighted by Crippen LogP contribution is -2.34. The molecule has 0 spiro atoms. The van der Waals surface area contributed by atoms with Crippen LogP contribution in [0.1, 0.15) is 55.9 Å². The molecule has 0 aromatic heterocycles. The highest BCUT2D eigenvalue weighted by atomic mass is 15.2. The molecule has 2 aliphatic carbocycles. The molecular formula is C50H44N2. The third kappa shape index (κ3) is 5.25. The van der Waals surface area contributed by atoms with Crippen LogP contribution in [-0.2, 0) is 6.42 Å². The van der Waals surface area contributed by atoms with Gasteiger partial charge in [-0.2, -0.15) is 0 Å². The van der Waals surface area contributed by atoms with Gasteiger partial charge in [0.25, 0.3) is 0 Å². The first-order valence-electron chi connectivity index (χ1n) is 18.8. The van der Waals surface area contributed by atoms with Gasteiger partial charge in [-0.3, -0.25) is 0 Å². The fraction of sp³-hybridized carbons (Fsp3) is 0.160. The van der Waals surface area contributed by atoms with Crippen LogP contribution in [-0.4, -0.2) is 6.04 Å². The fourth-order valence-corrected chi connectivity index (χ4v) is 8.73. The van der Waals surface area contributed by atoms with Crippen LogP contribution in [0.2, 0.25) is 0 Å². The summed E-state index contributed by atoms with van der Waals surface area (Å²) in [5.41, 5.74) is 14.5. The van der Waals surface area contributed by atoms with E-state index in [4.69, 9.17) is 0 Å². The molecule has 0 aliphatic heterocycles. The van der Waals surface area contributed by atoms with Crippen LogP contribution in [0.4, 0.5) is 28.4 Å². The Bertz CT molecular complexity index is 2450. The van der Waals surface area contributed by atoms with E-state index < -0.39 is 0 Å². The molecule has 2 nitrogen and oxygen atoms in total. The molecule has 254 valence electrons. The smallest absolute Gasteiger partial charge is 0.0785 e. The Hall–Kier alpha value is -5.86. The minimum absolute atomic E-state index is 0.0161. The Kier molecular flexibility index (Phi) is 8.04. The third-order valence-corrected chi connectivity index (χ3v) is 11.1. The van der Waals surface area contributed by atoms with Gasteiger partial charge in [-0.25, -0.2) is 0 Å². The van der Waals surface area contributed by atoms with E-state index in [1.54, 1.807) is 0 Å². The van der Waals surface area contributed by atoms with Gasteiger partial charge in [0.2, 0.25) is 0 Å². The summed E-state index contributed by atoms with van der Waals surface area (Å²) < 4.78 is 0. The molecule has 0 fully saturated rings. The summed E-state index contributed by atoms with van der Waals surface area (Å²) in [6, 6.07) is 55.6. The zero-order chi connectivity index (χ0) is 35.3. The van der Waals surface area contributed by atoms with Crippen molar-refractivity contribution in [1.29, 1.82) is 0 Å². The summed E-state index contributed by atoms with van der Waals surface area (Å²) >= 11 is 0. The number of allylic oxidation sites excluding steroid dienone is 2. The Morgan fingerprint density at radius 3 is 1.83 bits per heavy atom. The SMILES string of the molecule is CC(C)C1=CC(N(c2ccccc2)c2cccc3ccccc23)C2=CCc3c(C(C)C)cc(N(c4ccccc4)c4ccccc4)c4ccc1c2c34. The van der Waals surface area contributed by atoms with E-state index in [-0.39, 0.29) is 6.04 Å². The monoisotopic (exact) mass is 672 g/mol. The van der Waals surface area contributed by atoms with Crippen LogP contribution in [0.15, 0.2) is 164 Å². The van der Waals surface area contributed by atoms with Gasteiger partial charge in [-0.05, 0) is 111 Å². The van der Waals surface area contributed by atoms with Crippen molar-refractivity contribution >= 4 is 61.1 Å². The Balaban J connectivity index is 1.35. The molecule has 1 unspecified atom stereocenters. The largest absolute Gasteiger partial charge is 0.330 e. The number of hydrogen-bond acceptors (Lipinski definition) is 2. The van der Waals surface area contributed by atoms with Gasteiger partial charge >= 0.3 is 0 Å². The second-order valence-corrected chi connectivity index (χ2v) is 14.8. The van der Waals surface area contributed by atoms with Crippen LogP contribution in [0, 0.1) is 5.92 Å². The summed E-state index contributed by atoms with van der Waals surface area (Å²) in [6.45, 7) is 9.41. The van der Waals surface area contributed by atoms with Gasteiger partial charge in [0, 0.05) is 33.5 Å². The topological polar surface area (TPSA) is 6.48 Å². The summed E-state index contributed by atoms with van der Waals surface area (Å²) in [7, 11) is 0. The molecule has 0 heterocycles. The van der Waals surface area contributed by atoms with Crippen molar-refractivity contribution in [2.45, 2.75) is 46.1 Å². The van der Waals surface area contributed by atoms with Gasteiger partial charge in [-0.15, -0.1) is 0 Å². The quantitative estimate of drug-likeness (QED) is 0.159. The Morgan fingerprint density at radius 2 is 1.17 bits per heavy atom. The number of benzene rings is 7. The predicted molar refractivity (Wildman–Crippen MR) is 224 cm³/mol. The van der Waals surface area contributed by atoms with Gasteiger partial charge in [0.1, 0.15) is 0 Å². The summed E-state index contributed by atoms with van der Waals surface area (Å²) in [5.74, 6) is 0.722. The number of rotatable bonds is 8. The highest BCUT2D eigenvalue weighted by Gasteiger charge is 2.36. The highest BCUT2D eigenvalue weighted by Crippen LogP contribution is 2.52. The van der Waals surface area contributed by atoms with Crippen molar-refractivity contribution < 1.29 is 0 Å². The van der Waals surface area contributed by atoms with Crippen molar-refractivity contribution in [2.24, 2.45) is 5.92 Å². The van der Waals surface area contributed by atoms with Crippen LogP contribution >= 0.6 is 0 Å². The van der Waals surface area contributed by atoms with E-state index in [9.17, 15) is 0 Å². The van der Waals surface area contributed by atoms with Crippen molar-refractivity contribution in [3.8, 4) is 0 Å². The van der Waals surface area contributed by atoms with Crippen molar-refractivity contribution in [3.05, 3.63) is 186 Å². The minimum atomic E-state index is 0.0161. The van der Waals surface area contributed by atoms with E-state index in [0.717, 1.165) is 17.8 Å². The molecule has 0 radical (unpaired) electrons. The maximum Gasteiger partial charge on any atom is 0.0785 e.